The number of aromatic nitrogens is 2. The van der Waals surface area contributed by atoms with E-state index in [1.165, 1.54) is 16.8 Å². The fourth-order valence-corrected chi connectivity index (χ4v) is 6.91. The van der Waals surface area contributed by atoms with Crippen LogP contribution in [0.3, 0.4) is 0 Å². The number of pyridine rings is 2. The fourth-order valence-electron chi connectivity index (χ4n) is 6.91. The molecule has 1 aromatic carbocycles. The van der Waals surface area contributed by atoms with Crippen molar-refractivity contribution in [2.45, 2.75) is 45.8 Å². The van der Waals surface area contributed by atoms with Crippen LogP contribution >= 0.6 is 0 Å². The number of anilines is 1. The van der Waals surface area contributed by atoms with Crippen LogP contribution in [0, 0.1) is 19.8 Å². The zero-order valence-electron chi connectivity index (χ0n) is 23.3. The second-order valence-corrected chi connectivity index (χ2v) is 11.7. The number of hydrogen-bond acceptors (Lipinski definition) is 6. The second kappa shape index (κ2) is 10.3. The molecule has 0 spiro atoms. The molecule has 0 radical (unpaired) electrons. The quantitative estimate of drug-likeness (QED) is 0.548. The molecule has 6 rings (SSSR count). The van der Waals surface area contributed by atoms with Crippen LogP contribution < -0.4 is 15.9 Å². The summed E-state index contributed by atoms with van der Waals surface area (Å²) in [5.41, 5.74) is 6.46. The summed E-state index contributed by atoms with van der Waals surface area (Å²) in [4.78, 5) is 32.4. The van der Waals surface area contributed by atoms with Crippen molar-refractivity contribution in [3.05, 3.63) is 91.3 Å². The Bertz CT molecular complexity index is 1500. The van der Waals surface area contributed by atoms with E-state index >= 15 is 0 Å². The molecule has 2 bridgehead atoms. The lowest BCUT2D eigenvalue weighted by Crippen LogP contribution is -2.47. The Balaban J connectivity index is 1.16. The number of fused-ring (bicyclic) bond motifs is 4. The highest BCUT2D eigenvalue weighted by Gasteiger charge is 2.34. The van der Waals surface area contributed by atoms with Crippen molar-refractivity contribution in [3.8, 4) is 5.75 Å². The molecule has 3 aliphatic heterocycles. The standard InChI is InChI=1S/C31H39N5O3/c1-21-6-4-7-26(22(21)2)35-12-10-33(11-13-35)20-28-31(39)29(37)15-25(32(28)3)19-34-16-23-14-24(18-34)27-8-5-9-30(38)36(27)17-23/h4-9,15,23-24,39H,10-14,16-20H2,1-3H3/t23-,24-/m0/s1. The third-order valence-corrected chi connectivity index (χ3v) is 9.24. The van der Waals surface area contributed by atoms with Crippen molar-refractivity contribution in [1.29, 1.82) is 0 Å². The molecule has 1 N–H and O–H groups in total. The molecule has 0 saturated carbocycles. The lowest BCUT2D eigenvalue weighted by atomic mass is 9.83. The molecule has 2 atom stereocenters. The number of hydrogen-bond donors (Lipinski definition) is 1. The topological polar surface area (TPSA) is 74.0 Å². The lowest BCUT2D eigenvalue weighted by molar-refractivity contribution is 0.112. The molecule has 5 heterocycles. The van der Waals surface area contributed by atoms with Gasteiger partial charge in [-0.15, -0.1) is 0 Å². The number of piperazine rings is 1. The van der Waals surface area contributed by atoms with E-state index in [4.69, 9.17) is 0 Å². The molecule has 8 heteroatoms. The summed E-state index contributed by atoms with van der Waals surface area (Å²) in [7, 11) is 1.97. The zero-order valence-corrected chi connectivity index (χ0v) is 23.3. The Morgan fingerprint density at radius 1 is 0.897 bits per heavy atom. The number of rotatable bonds is 5. The molecule has 206 valence electrons. The largest absolute Gasteiger partial charge is 0.503 e. The number of likely N-dealkylation sites (tertiary alicyclic amines) is 1. The van der Waals surface area contributed by atoms with Gasteiger partial charge in [-0.2, -0.15) is 0 Å². The van der Waals surface area contributed by atoms with Crippen LogP contribution in [0.2, 0.25) is 0 Å². The maximum atomic E-state index is 12.9. The van der Waals surface area contributed by atoms with Crippen molar-refractivity contribution in [3.63, 3.8) is 0 Å². The van der Waals surface area contributed by atoms with E-state index in [0.717, 1.165) is 63.6 Å². The van der Waals surface area contributed by atoms with Crippen LogP contribution in [-0.2, 0) is 26.7 Å². The molecule has 39 heavy (non-hydrogen) atoms. The minimum absolute atomic E-state index is 0.0936. The molecule has 2 saturated heterocycles. The van der Waals surface area contributed by atoms with Crippen LogP contribution in [0.15, 0.2) is 52.1 Å². The number of aryl methyl sites for hydroxylation is 1. The van der Waals surface area contributed by atoms with E-state index in [1.54, 1.807) is 12.1 Å². The van der Waals surface area contributed by atoms with Gasteiger partial charge in [0.05, 0.1) is 5.69 Å². The molecule has 2 fully saturated rings. The van der Waals surface area contributed by atoms with E-state index in [2.05, 4.69) is 52.8 Å². The van der Waals surface area contributed by atoms with Gasteiger partial charge in [-0.1, -0.05) is 18.2 Å². The zero-order chi connectivity index (χ0) is 27.3. The first-order valence-electron chi connectivity index (χ1n) is 14.1. The predicted molar refractivity (Wildman–Crippen MR) is 154 cm³/mol. The molecule has 3 aliphatic rings. The van der Waals surface area contributed by atoms with E-state index in [9.17, 15) is 14.7 Å². The van der Waals surface area contributed by atoms with Crippen molar-refractivity contribution in [1.82, 2.24) is 18.9 Å². The van der Waals surface area contributed by atoms with Gasteiger partial charge >= 0.3 is 0 Å². The highest BCUT2D eigenvalue weighted by atomic mass is 16.3. The third kappa shape index (κ3) is 4.92. The van der Waals surface area contributed by atoms with Gasteiger partial charge in [-0.05, 0) is 49.4 Å². The first-order valence-corrected chi connectivity index (χ1v) is 14.1. The summed E-state index contributed by atoms with van der Waals surface area (Å²) in [5.74, 6) is 0.619. The Labute approximate surface area is 229 Å². The van der Waals surface area contributed by atoms with Crippen LogP contribution in [-0.4, -0.2) is 63.3 Å². The second-order valence-electron chi connectivity index (χ2n) is 11.7. The van der Waals surface area contributed by atoms with Gasteiger partial charge in [0.15, 0.2) is 5.75 Å². The molecule has 0 unspecified atom stereocenters. The number of piperidine rings is 1. The molecular formula is C31H39N5O3. The summed E-state index contributed by atoms with van der Waals surface area (Å²) in [6, 6.07) is 13.7. The molecule has 0 amide bonds. The minimum atomic E-state index is -0.304. The summed E-state index contributed by atoms with van der Waals surface area (Å²) in [5, 5.41) is 10.8. The molecule has 0 aliphatic carbocycles. The van der Waals surface area contributed by atoms with Crippen molar-refractivity contribution >= 4 is 5.69 Å². The number of nitrogens with zero attached hydrogens (tertiary/aromatic N) is 5. The van der Waals surface area contributed by atoms with Crippen LogP contribution in [0.4, 0.5) is 5.69 Å². The summed E-state index contributed by atoms with van der Waals surface area (Å²) in [6.07, 6.45) is 1.10. The van der Waals surface area contributed by atoms with Crippen LogP contribution in [0.25, 0.3) is 0 Å². The minimum Gasteiger partial charge on any atom is -0.503 e. The van der Waals surface area contributed by atoms with Gasteiger partial charge in [-0.25, -0.2) is 0 Å². The van der Waals surface area contributed by atoms with Gasteiger partial charge < -0.3 is 19.1 Å². The monoisotopic (exact) mass is 529 g/mol. The highest BCUT2D eigenvalue weighted by Crippen LogP contribution is 2.35. The van der Waals surface area contributed by atoms with Crippen molar-refractivity contribution in [2.24, 2.45) is 13.0 Å². The Morgan fingerprint density at radius 2 is 1.67 bits per heavy atom. The average molecular weight is 530 g/mol. The van der Waals surface area contributed by atoms with E-state index in [-0.39, 0.29) is 16.7 Å². The maximum absolute atomic E-state index is 12.9. The molecular weight excluding hydrogens is 490 g/mol. The predicted octanol–water partition coefficient (Wildman–Crippen LogP) is 2.81. The van der Waals surface area contributed by atoms with Gasteiger partial charge in [0, 0.05) is 101 Å². The smallest absolute Gasteiger partial charge is 0.250 e. The van der Waals surface area contributed by atoms with Gasteiger partial charge in [0.2, 0.25) is 5.43 Å². The van der Waals surface area contributed by atoms with Crippen molar-refractivity contribution < 1.29 is 5.11 Å². The summed E-state index contributed by atoms with van der Waals surface area (Å²) in [6.45, 7) is 11.7. The van der Waals surface area contributed by atoms with E-state index < -0.39 is 0 Å². The van der Waals surface area contributed by atoms with Gasteiger partial charge in [-0.3, -0.25) is 19.4 Å². The Hall–Kier alpha value is -3.36. The van der Waals surface area contributed by atoms with Crippen molar-refractivity contribution in [2.75, 3.05) is 44.2 Å². The van der Waals surface area contributed by atoms with E-state index in [0.29, 0.717) is 30.6 Å². The third-order valence-electron chi connectivity index (χ3n) is 9.24. The normalized spacial score (nSPS) is 21.7. The van der Waals surface area contributed by atoms with Gasteiger partial charge in [0.1, 0.15) is 0 Å². The lowest BCUT2D eigenvalue weighted by Gasteiger charge is -2.43. The van der Waals surface area contributed by atoms with Crippen LogP contribution in [0.5, 0.6) is 5.75 Å². The highest BCUT2D eigenvalue weighted by molar-refractivity contribution is 5.56. The molecule has 8 nitrogen and oxygen atoms in total. The Morgan fingerprint density at radius 3 is 2.46 bits per heavy atom. The SMILES string of the molecule is Cc1cccc(N2CCN(Cc3c(O)c(=O)cc(CN4C[C@@H]5C[C@@H](C4)c4cccc(=O)n4C5)n3C)CC2)c1C. The Kier molecular flexibility index (Phi) is 6.85. The number of aromatic hydroxyl groups is 1. The van der Waals surface area contributed by atoms with E-state index in [1.807, 2.05) is 22.2 Å². The first-order chi connectivity index (χ1) is 18.8. The summed E-state index contributed by atoms with van der Waals surface area (Å²) < 4.78 is 3.97. The fraction of sp³-hybridized carbons (Fsp3) is 0.484. The molecule has 3 aromatic rings. The first kappa shape index (κ1) is 25.9. The number of benzene rings is 1. The van der Waals surface area contributed by atoms with Gasteiger partial charge in [0.25, 0.3) is 5.56 Å². The maximum Gasteiger partial charge on any atom is 0.250 e. The van der Waals surface area contributed by atoms with Crippen LogP contribution in [0.1, 0.15) is 40.5 Å². The summed E-state index contributed by atoms with van der Waals surface area (Å²) >= 11 is 0. The average Bonchev–Trinajstić information content (AvgIpc) is 2.92. The molecule has 2 aromatic heterocycles.